The summed E-state index contributed by atoms with van der Waals surface area (Å²) in [6.07, 6.45) is 0. The van der Waals surface area contributed by atoms with Gasteiger partial charge in [0, 0.05) is 21.5 Å². The van der Waals surface area contributed by atoms with E-state index in [0.29, 0.717) is 21.8 Å². The molecule has 0 bridgehead atoms. The van der Waals surface area contributed by atoms with Crippen LogP contribution in [0.4, 0.5) is 5.69 Å². The number of carbonyl (C=O) groups excluding carboxylic acids is 1. The van der Waals surface area contributed by atoms with Gasteiger partial charge in [-0.2, -0.15) is 0 Å². The van der Waals surface area contributed by atoms with E-state index in [-0.39, 0.29) is 22.4 Å². The Bertz CT molecular complexity index is 1170. The van der Waals surface area contributed by atoms with Gasteiger partial charge in [-0.25, -0.2) is 0 Å². The van der Waals surface area contributed by atoms with Crippen molar-refractivity contribution in [2.45, 2.75) is 0 Å². The standard InChI is InChI=1S/C21H14N2O3/c24-19-14-9-4-5-10-15(14)20(25)18-16(19)11-6-12-17(18)21(26)23-22-13-7-2-1-3-8-13/h1-12,24-25H. The van der Waals surface area contributed by atoms with Crippen molar-refractivity contribution >= 4 is 33.1 Å². The molecule has 0 unspecified atom stereocenters. The van der Waals surface area contributed by atoms with Crippen LogP contribution in [0.1, 0.15) is 10.4 Å². The summed E-state index contributed by atoms with van der Waals surface area (Å²) in [4.78, 5) is 12.6. The Morgan fingerprint density at radius 2 is 1.31 bits per heavy atom. The number of phenols is 2. The molecule has 4 aromatic rings. The van der Waals surface area contributed by atoms with E-state index < -0.39 is 5.91 Å². The fourth-order valence-electron chi connectivity index (χ4n) is 3.01. The van der Waals surface area contributed by atoms with Gasteiger partial charge in [0.1, 0.15) is 11.5 Å². The molecule has 0 fully saturated rings. The molecular formula is C21H14N2O3. The highest BCUT2D eigenvalue weighted by molar-refractivity contribution is 6.17. The normalized spacial score (nSPS) is 11.4. The molecule has 0 aliphatic rings. The van der Waals surface area contributed by atoms with Crippen molar-refractivity contribution in [3.8, 4) is 11.5 Å². The summed E-state index contributed by atoms with van der Waals surface area (Å²) < 4.78 is 0. The summed E-state index contributed by atoms with van der Waals surface area (Å²) in [5, 5.41) is 30.6. The van der Waals surface area contributed by atoms with Crippen molar-refractivity contribution in [3.05, 3.63) is 78.4 Å². The number of aromatic hydroxyl groups is 2. The van der Waals surface area contributed by atoms with E-state index >= 15 is 0 Å². The zero-order valence-electron chi connectivity index (χ0n) is 13.6. The number of azo groups is 1. The van der Waals surface area contributed by atoms with Gasteiger partial charge in [-0.05, 0) is 18.2 Å². The van der Waals surface area contributed by atoms with Gasteiger partial charge in [0.25, 0.3) is 5.91 Å². The van der Waals surface area contributed by atoms with Gasteiger partial charge in [-0.1, -0.05) is 54.6 Å². The number of carbonyl (C=O) groups is 1. The summed E-state index contributed by atoms with van der Waals surface area (Å²) >= 11 is 0. The van der Waals surface area contributed by atoms with Crippen LogP contribution >= 0.6 is 0 Å². The summed E-state index contributed by atoms with van der Waals surface area (Å²) in [7, 11) is 0. The number of hydrogen-bond donors (Lipinski definition) is 2. The van der Waals surface area contributed by atoms with Crippen molar-refractivity contribution in [2.75, 3.05) is 0 Å². The molecule has 0 aliphatic heterocycles. The van der Waals surface area contributed by atoms with Crippen molar-refractivity contribution < 1.29 is 15.0 Å². The van der Waals surface area contributed by atoms with Gasteiger partial charge < -0.3 is 10.2 Å². The molecule has 0 aliphatic carbocycles. The van der Waals surface area contributed by atoms with Crippen molar-refractivity contribution in [1.29, 1.82) is 0 Å². The second-order valence-electron chi connectivity index (χ2n) is 5.81. The highest BCUT2D eigenvalue weighted by Crippen LogP contribution is 2.42. The maximum absolute atomic E-state index is 12.6. The Morgan fingerprint density at radius 3 is 2.04 bits per heavy atom. The zero-order chi connectivity index (χ0) is 18.1. The van der Waals surface area contributed by atoms with Crippen LogP contribution in [0.15, 0.2) is 83.0 Å². The number of benzene rings is 4. The van der Waals surface area contributed by atoms with Gasteiger partial charge in [0.05, 0.1) is 11.3 Å². The first-order valence-corrected chi connectivity index (χ1v) is 8.03. The molecule has 26 heavy (non-hydrogen) atoms. The van der Waals surface area contributed by atoms with Crippen molar-refractivity contribution in [3.63, 3.8) is 0 Å². The number of rotatable bonds is 2. The molecule has 4 rings (SSSR count). The molecule has 5 heteroatoms. The van der Waals surface area contributed by atoms with Gasteiger partial charge in [0.2, 0.25) is 0 Å². The Kier molecular flexibility index (Phi) is 3.82. The van der Waals surface area contributed by atoms with Crippen LogP contribution in [0, 0.1) is 0 Å². The number of nitrogens with zero attached hydrogens (tertiary/aromatic N) is 2. The third-order valence-corrected chi connectivity index (χ3v) is 4.24. The third-order valence-electron chi connectivity index (χ3n) is 4.24. The van der Waals surface area contributed by atoms with Gasteiger partial charge in [-0.15, -0.1) is 10.2 Å². The smallest absolute Gasteiger partial charge is 0.296 e. The molecule has 4 aromatic carbocycles. The quantitative estimate of drug-likeness (QED) is 0.293. The van der Waals surface area contributed by atoms with Gasteiger partial charge in [-0.3, -0.25) is 4.79 Å². The summed E-state index contributed by atoms with van der Waals surface area (Å²) in [6, 6.07) is 20.7. The zero-order valence-corrected chi connectivity index (χ0v) is 13.6. The molecule has 5 nitrogen and oxygen atoms in total. The number of amides is 1. The Balaban J connectivity index is 1.91. The first-order chi connectivity index (χ1) is 12.7. The molecule has 0 spiro atoms. The predicted molar refractivity (Wildman–Crippen MR) is 100 cm³/mol. The molecule has 0 radical (unpaired) electrons. The maximum atomic E-state index is 12.6. The maximum Gasteiger partial charge on any atom is 0.296 e. The van der Waals surface area contributed by atoms with Crippen molar-refractivity contribution in [1.82, 2.24) is 0 Å². The van der Waals surface area contributed by atoms with E-state index in [1.807, 2.05) is 6.07 Å². The second kappa shape index (κ2) is 6.29. The molecular weight excluding hydrogens is 328 g/mol. The van der Waals surface area contributed by atoms with Crippen LogP contribution in [0.25, 0.3) is 21.5 Å². The highest BCUT2D eigenvalue weighted by Gasteiger charge is 2.18. The number of phenolic OH excluding ortho intramolecular Hbond substituents is 2. The summed E-state index contributed by atoms with van der Waals surface area (Å²) in [5.74, 6) is -0.639. The first kappa shape index (κ1) is 15.8. The lowest BCUT2D eigenvalue weighted by molar-refractivity contribution is 0.0996. The number of hydrogen-bond acceptors (Lipinski definition) is 4. The first-order valence-electron chi connectivity index (χ1n) is 8.03. The summed E-state index contributed by atoms with van der Waals surface area (Å²) in [5.41, 5.74) is 0.735. The van der Waals surface area contributed by atoms with Gasteiger partial charge in [0.15, 0.2) is 0 Å². The van der Waals surface area contributed by atoms with Crippen LogP contribution in [0.2, 0.25) is 0 Å². The molecule has 2 N–H and O–H groups in total. The van der Waals surface area contributed by atoms with E-state index in [0.717, 1.165) is 0 Å². The minimum Gasteiger partial charge on any atom is -0.507 e. The lowest BCUT2D eigenvalue weighted by Crippen LogP contribution is -1.96. The molecule has 0 saturated heterocycles. The fourth-order valence-corrected chi connectivity index (χ4v) is 3.01. The van der Waals surface area contributed by atoms with Gasteiger partial charge >= 0.3 is 0 Å². The van der Waals surface area contributed by atoms with Crippen LogP contribution in [0.5, 0.6) is 11.5 Å². The summed E-state index contributed by atoms with van der Waals surface area (Å²) in [6.45, 7) is 0. The fraction of sp³-hybridized carbons (Fsp3) is 0. The average Bonchev–Trinajstić information content (AvgIpc) is 2.70. The monoisotopic (exact) mass is 342 g/mol. The predicted octanol–water partition coefficient (Wildman–Crippen LogP) is 5.33. The molecule has 1 amide bonds. The van der Waals surface area contributed by atoms with Crippen LogP contribution in [-0.2, 0) is 0 Å². The largest absolute Gasteiger partial charge is 0.507 e. The Labute approximate surface area is 148 Å². The number of fused-ring (bicyclic) bond motifs is 2. The van der Waals surface area contributed by atoms with Crippen molar-refractivity contribution in [2.24, 2.45) is 10.2 Å². The van der Waals surface area contributed by atoms with E-state index in [2.05, 4.69) is 10.2 Å². The van der Waals surface area contributed by atoms with E-state index in [1.165, 1.54) is 0 Å². The van der Waals surface area contributed by atoms with E-state index in [9.17, 15) is 15.0 Å². The SMILES string of the molecule is O=C(N=Nc1ccccc1)c1cccc2c(O)c3ccccc3c(O)c12. The Morgan fingerprint density at radius 1 is 0.692 bits per heavy atom. The minimum absolute atomic E-state index is 0.0167. The molecule has 0 saturated carbocycles. The van der Waals surface area contributed by atoms with Crippen LogP contribution in [-0.4, -0.2) is 16.1 Å². The second-order valence-corrected chi connectivity index (χ2v) is 5.81. The van der Waals surface area contributed by atoms with E-state index in [4.69, 9.17) is 0 Å². The molecule has 126 valence electrons. The minimum atomic E-state index is -0.593. The Hall–Kier alpha value is -3.73. The topological polar surface area (TPSA) is 82.2 Å². The molecule has 0 heterocycles. The van der Waals surface area contributed by atoms with E-state index in [1.54, 1.807) is 66.7 Å². The molecule has 0 atom stereocenters. The van der Waals surface area contributed by atoms with Crippen LogP contribution < -0.4 is 0 Å². The van der Waals surface area contributed by atoms with Crippen LogP contribution in [0.3, 0.4) is 0 Å². The molecule has 0 aromatic heterocycles. The average molecular weight is 342 g/mol. The lowest BCUT2D eigenvalue weighted by Gasteiger charge is -2.11. The third kappa shape index (κ3) is 2.56. The lowest BCUT2D eigenvalue weighted by atomic mass is 9.97. The highest BCUT2D eigenvalue weighted by atomic mass is 16.3.